The third-order valence-electron chi connectivity index (χ3n) is 4.03. The monoisotopic (exact) mass is 378 g/mol. The molecule has 2 aromatic carbocycles. The Labute approximate surface area is 163 Å². The van der Waals surface area contributed by atoms with Crippen LogP contribution >= 0.6 is 0 Å². The van der Waals surface area contributed by atoms with Gasteiger partial charge < -0.3 is 15.0 Å². The molecule has 144 valence electrons. The second-order valence-electron chi connectivity index (χ2n) is 6.49. The molecule has 0 fully saturated rings. The highest BCUT2D eigenvalue weighted by Gasteiger charge is 2.14. The maximum Gasteiger partial charge on any atom is 0.338 e. The first kappa shape index (κ1) is 19.2. The van der Waals surface area contributed by atoms with Crippen LogP contribution in [-0.2, 0) is 9.53 Å². The zero-order valence-electron chi connectivity index (χ0n) is 16.0. The van der Waals surface area contributed by atoms with E-state index in [2.05, 4.69) is 10.4 Å². The van der Waals surface area contributed by atoms with Crippen LogP contribution in [0.2, 0.25) is 0 Å². The Hall–Kier alpha value is -3.61. The van der Waals surface area contributed by atoms with E-state index >= 15 is 0 Å². The van der Waals surface area contributed by atoms with Gasteiger partial charge in [0.1, 0.15) is 5.82 Å². The quantitative estimate of drug-likeness (QED) is 0.667. The number of aryl methyl sites for hydroxylation is 1. The molecule has 0 aliphatic heterocycles. The molecule has 1 N–H and O–H groups in total. The van der Waals surface area contributed by atoms with E-state index in [1.807, 2.05) is 62.3 Å². The van der Waals surface area contributed by atoms with Crippen molar-refractivity contribution in [3.8, 4) is 5.69 Å². The number of rotatable bonds is 6. The fourth-order valence-electron chi connectivity index (χ4n) is 2.66. The van der Waals surface area contributed by atoms with Gasteiger partial charge in [0, 0.05) is 25.8 Å². The Balaban J connectivity index is 1.64. The molecule has 28 heavy (non-hydrogen) atoms. The van der Waals surface area contributed by atoms with Crippen molar-refractivity contribution in [2.75, 3.05) is 30.9 Å². The summed E-state index contributed by atoms with van der Waals surface area (Å²) in [5, 5.41) is 7.13. The molecule has 1 amide bonds. The van der Waals surface area contributed by atoms with Crippen LogP contribution in [0.15, 0.2) is 60.7 Å². The van der Waals surface area contributed by atoms with Gasteiger partial charge in [-0.1, -0.05) is 24.3 Å². The molecular weight excluding hydrogens is 356 g/mol. The molecule has 0 aliphatic rings. The Morgan fingerprint density at radius 1 is 1.07 bits per heavy atom. The predicted octanol–water partition coefficient (Wildman–Crippen LogP) is 3.04. The molecular formula is C21H22N4O3. The summed E-state index contributed by atoms with van der Waals surface area (Å²) in [5.74, 6) is -0.472. The summed E-state index contributed by atoms with van der Waals surface area (Å²) in [6.45, 7) is 1.46. The summed E-state index contributed by atoms with van der Waals surface area (Å²) in [5.41, 5.74) is 2.85. The Morgan fingerprint density at radius 2 is 1.82 bits per heavy atom. The number of carbonyl (C=O) groups excluding carboxylic acids is 2. The van der Waals surface area contributed by atoms with E-state index in [9.17, 15) is 9.59 Å². The maximum atomic E-state index is 12.3. The molecule has 1 aromatic heterocycles. The maximum absolute atomic E-state index is 12.3. The normalized spacial score (nSPS) is 10.4. The van der Waals surface area contributed by atoms with Crippen LogP contribution in [0.3, 0.4) is 0 Å². The van der Waals surface area contributed by atoms with Gasteiger partial charge in [-0.3, -0.25) is 4.79 Å². The summed E-state index contributed by atoms with van der Waals surface area (Å²) in [6, 6.07) is 18.2. The van der Waals surface area contributed by atoms with Crippen molar-refractivity contribution >= 4 is 23.4 Å². The van der Waals surface area contributed by atoms with E-state index in [0.717, 1.165) is 17.1 Å². The molecule has 1 heterocycles. The van der Waals surface area contributed by atoms with Crippen molar-refractivity contribution in [3.05, 3.63) is 71.9 Å². The minimum Gasteiger partial charge on any atom is -0.452 e. The van der Waals surface area contributed by atoms with Gasteiger partial charge in [-0.15, -0.1) is 0 Å². The lowest BCUT2D eigenvalue weighted by molar-refractivity contribution is -0.119. The van der Waals surface area contributed by atoms with E-state index in [4.69, 9.17) is 4.74 Å². The first-order chi connectivity index (χ1) is 13.4. The van der Waals surface area contributed by atoms with Gasteiger partial charge in [-0.25, -0.2) is 9.48 Å². The van der Waals surface area contributed by atoms with Gasteiger partial charge >= 0.3 is 5.97 Å². The number of hydrogen-bond donors (Lipinski definition) is 1. The van der Waals surface area contributed by atoms with Crippen LogP contribution in [0.4, 0.5) is 11.5 Å². The molecule has 0 bridgehead atoms. The molecule has 3 aromatic rings. The molecule has 0 spiro atoms. The average molecular weight is 378 g/mol. The highest BCUT2D eigenvalue weighted by molar-refractivity contribution is 5.95. The van der Waals surface area contributed by atoms with Crippen LogP contribution in [0.5, 0.6) is 0 Å². The number of amides is 1. The zero-order chi connectivity index (χ0) is 20.1. The summed E-state index contributed by atoms with van der Waals surface area (Å²) >= 11 is 0. The third-order valence-corrected chi connectivity index (χ3v) is 4.03. The van der Waals surface area contributed by atoms with Gasteiger partial charge in [-0.2, -0.15) is 5.10 Å². The van der Waals surface area contributed by atoms with Gasteiger partial charge in [-0.05, 0) is 37.3 Å². The van der Waals surface area contributed by atoms with Crippen LogP contribution in [0.1, 0.15) is 16.1 Å². The van der Waals surface area contributed by atoms with Gasteiger partial charge in [0.25, 0.3) is 5.91 Å². The van der Waals surface area contributed by atoms with Crippen molar-refractivity contribution < 1.29 is 14.3 Å². The second kappa shape index (κ2) is 8.39. The average Bonchev–Trinajstić information content (AvgIpc) is 3.06. The summed E-state index contributed by atoms with van der Waals surface area (Å²) in [4.78, 5) is 26.4. The number of nitrogens with one attached hydrogen (secondary N) is 1. The van der Waals surface area contributed by atoms with Crippen molar-refractivity contribution in [1.82, 2.24) is 9.78 Å². The minimum atomic E-state index is -0.549. The molecule has 7 nitrogen and oxygen atoms in total. The zero-order valence-corrected chi connectivity index (χ0v) is 16.0. The first-order valence-corrected chi connectivity index (χ1v) is 8.80. The Kier molecular flexibility index (Phi) is 5.74. The summed E-state index contributed by atoms with van der Waals surface area (Å²) in [7, 11) is 3.77. The number of benzene rings is 2. The number of aromatic nitrogens is 2. The van der Waals surface area contributed by atoms with E-state index in [0.29, 0.717) is 11.4 Å². The fourth-order valence-corrected chi connectivity index (χ4v) is 2.66. The number of ether oxygens (including phenoxy) is 1. The molecule has 0 aliphatic carbocycles. The minimum absolute atomic E-state index is 0.385. The summed E-state index contributed by atoms with van der Waals surface area (Å²) in [6.07, 6.45) is 0. The number of nitrogens with zero attached hydrogens (tertiary/aromatic N) is 3. The molecule has 0 saturated carbocycles. The molecule has 3 rings (SSSR count). The lowest BCUT2D eigenvalue weighted by Crippen LogP contribution is -2.22. The molecule has 7 heteroatoms. The van der Waals surface area contributed by atoms with E-state index in [-0.39, 0.29) is 6.61 Å². The smallest absolute Gasteiger partial charge is 0.338 e. The van der Waals surface area contributed by atoms with Gasteiger partial charge in [0.15, 0.2) is 6.61 Å². The van der Waals surface area contributed by atoms with Gasteiger partial charge in [0.05, 0.1) is 16.9 Å². The molecule has 0 unspecified atom stereocenters. The lowest BCUT2D eigenvalue weighted by atomic mass is 10.2. The van der Waals surface area contributed by atoms with Crippen molar-refractivity contribution in [2.45, 2.75) is 6.92 Å². The Bertz CT molecular complexity index is 980. The topological polar surface area (TPSA) is 76.5 Å². The van der Waals surface area contributed by atoms with E-state index < -0.39 is 11.9 Å². The van der Waals surface area contributed by atoms with Crippen molar-refractivity contribution in [1.29, 1.82) is 0 Å². The predicted molar refractivity (Wildman–Crippen MR) is 108 cm³/mol. The Morgan fingerprint density at radius 3 is 2.54 bits per heavy atom. The van der Waals surface area contributed by atoms with Crippen molar-refractivity contribution in [3.63, 3.8) is 0 Å². The third kappa shape index (κ3) is 4.56. The number of carbonyl (C=O) groups is 2. The van der Waals surface area contributed by atoms with Crippen LogP contribution in [-0.4, -0.2) is 42.4 Å². The molecule has 0 radical (unpaired) electrons. The van der Waals surface area contributed by atoms with Gasteiger partial charge in [0.2, 0.25) is 0 Å². The second-order valence-corrected chi connectivity index (χ2v) is 6.49. The van der Waals surface area contributed by atoms with Crippen LogP contribution in [0.25, 0.3) is 5.69 Å². The largest absolute Gasteiger partial charge is 0.452 e. The molecule has 0 saturated heterocycles. The number of esters is 1. The van der Waals surface area contributed by atoms with Crippen molar-refractivity contribution in [2.24, 2.45) is 0 Å². The van der Waals surface area contributed by atoms with Crippen LogP contribution in [0, 0.1) is 6.92 Å². The highest BCUT2D eigenvalue weighted by Crippen LogP contribution is 2.17. The standard InChI is InChI=1S/C21H22N4O3/c1-15-12-19(25(23-15)17-9-5-4-6-10-17)22-20(26)14-28-21(27)16-8-7-11-18(13-16)24(2)3/h4-13H,14H2,1-3H3,(H,22,26). The highest BCUT2D eigenvalue weighted by atomic mass is 16.5. The SMILES string of the molecule is Cc1cc(NC(=O)COC(=O)c2cccc(N(C)C)c2)n(-c2ccccc2)n1. The summed E-state index contributed by atoms with van der Waals surface area (Å²) < 4.78 is 6.78. The number of anilines is 2. The number of hydrogen-bond acceptors (Lipinski definition) is 5. The number of para-hydroxylation sites is 1. The van der Waals surface area contributed by atoms with E-state index in [1.54, 1.807) is 28.9 Å². The van der Waals surface area contributed by atoms with Crippen LogP contribution < -0.4 is 10.2 Å². The lowest BCUT2D eigenvalue weighted by Gasteiger charge is -2.13. The van der Waals surface area contributed by atoms with E-state index in [1.165, 1.54) is 0 Å². The fraction of sp³-hybridized carbons (Fsp3) is 0.190. The molecule has 0 atom stereocenters. The first-order valence-electron chi connectivity index (χ1n) is 8.80.